The van der Waals surface area contributed by atoms with Crippen LogP contribution >= 0.6 is 0 Å². The van der Waals surface area contributed by atoms with Gasteiger partial charge >= 0.3 is 0 Å². The molecular weight excluding hydrogens is 467 g/mol. The van der Waals surface area contributed by atoms with Crippen molar-refractivity contribution in [2.45, 2.75) is 82.8 Å². The van der Waals surface area contributed by atoms with Crippen LogP contribution in [0.2, 0.25) is 0 Å². The number of halogens is 1. The van der Waals surface area contributed by atoms with Gasteiger partial charge in [0.15, 0.2) is 5.65 Å². The number of aryl methyl sites for hydroxylation is 2. The molecule has 190 valence electrons. The predicted octanol–water partition coefficient (Wildman–Crippen LogP) is 6.28. The highest BCUT2D eigenvalue weighted by Crippen LogP contribution is 2.41. The van der Waals surface area contributed by atoms with E-state index in [1.54, 1.807) is 6.07 Å². The normalized spacial score (nSPS) is 22.4. The average Bonchev–Trinajstić information content (AvgIpc) is 3.60. The topological polar surface area (TPSA) is 78.6 Å². The third-order valence-electron chi connectivity index (χ3n) is 8.35. The number of hydrogen-bond donors (Lipinski definition) is 0. The van der Waals surface area contributed by atoms with Gasteiger partial charge in [0.25, 0.3) is 0 Å². The monoisotopic (exact) mass is 498 g/mol. The summed E-state index contributed by atoms with van der Waals surface area (Å²) in [4.78, 5) is 19.4. The molecule has 1 saturated heterocycles. The number of rotatable bonds is 5. The van der Waals surface area contributed by atoms with E-state index in [1.165, 1.54) is 19.3 Å². The fourth-order valence-electron chi connectivity index (χ4n) is 5.54. The standard InChI is InChI=1S/C29H31FN6O/c1-16-17(2)33-29-27(32-16)26(23-9-6-19(12-24(23)30)18-4-3-5-18)34-28(35-29)20-10-11-37-25(13-20)21-14-31-36(15-21)22-7-8-22/h6,9,12,14-15,18,20,22,25H,3-5,7-8,10-11,13H2,1-2H3/t20-,25+/m0/s1. The molecule has 7 rings (SSSR count). The molecule has 3 fully saturated rings. The molecule has 2 saturated carbocycles. The number of benzene rings is 1. The van der Waals surface area contributed by atoms with Crippen LogP contribution in [0.5, 0.6) is 0 Å². The number of nitrogens with zero attached hydrogens (tertiary/aromatic N) is 6. The van der Waals surface area contributed by atoms with E-state index >= 15 is 4.39 Å². The van der Waals surface area contributed by atoms with Crippen molar-refractivity contribution in [1.29, 1.82) is 0 Å². The van der Waals surface area contributed by atoms with Gasteiger partial charge in [-0.2, -0.15) is 5.10 Å². The van der Waals surface area contributed by atoms with E-state index < -0.39 is 0 Å². The van der Waals surface area contributed by atoms with Crippen LogP contribution in [0.1, 0.15) is 97.3 Å². The van der Waals surface area contributed by atoms with E-state index in [0.717, 1.165) is 48.2 Å². The second-order valence-electron chi connectivity index (χ2n) is 10.9. The molecule has 8 heteroatoms. The second-order valence-corrected chi connectivity index (χ2v) is 10.9. The van der Waals surface area contributed by atoms with Crippen molar-refractivity contribution >= 4 is 11.2 Å². The number of fused-ring (bicyclic) bond motifs is 1. The fraction of sp³-hybridized carbons (Fsp3) is 0.483. The molecule has 0 unspecified atom stereocenters. The highest BCUT2D eigenvalue weighted by atomic mass is 19.1. The van der Waals surface area contributed by atoms with E-state index in [0.29, 0.717) is 46.8 Å². The average molecular weight is 499 g/mol. The lowest BCUT2D eigenvalue weighted by Crippen LogP contribution is -2.20. The largest absolute Gasteiger partial charge is 0.373 e. The molecule has 7 nitrogen and oxygen atoms in total. The summed E-state index contributed by atoms with van der Waals surface area (Å²) in [6.45, 7) is 4.46. The SMILES string of the molecule is Cc1nc2nc([C@H]3CCO[C@@H](c4cnn(C5CC5)c4)C3)nc(-c3ccc(C4CCC4)cc3F)c2nc1C. The quantitative estimate of drug-likeness (QED) is 0.322. The Morgan fingerprint density at radius 1 is 0.919 bits per heavy atom. The van der Waals surface area contributed by atoms with Crippen LogP contribution < -0.4 is 0 Å². The lowest BCUT2D eigenvalue weighted by Gasteiger charge is -2.28. The molecule has 2 atom stereocenters. The molecule has 0 radical (unpaired) electrons. The van der Waals surface area contributed by atoms with Crippen LogP contribution in [0.25, 0.3) is 22.4 Å². The molecule has 0 bridgehead atoms. The molecule has 3 aliphatic rings. The van der Waals surface area contributed by atoms with Gasteiger partial charge in [-0.05, 0) is 76.0 Å². The Hall–Kier alpha value is -3.26. The molecule has 0 spiro atoms. The molecule has 0 N–H and O–H groups in total. The summed E-state index contributed by atoms with van der Waals surface area (Å²) in [6.07, 6.45) is 11.4. The zero-order valence-electron chi connectivity index (χ0n) is 21.3. The molecule has 1 aliphatic heterocycles. The highest BCUT2D eigenvalue weighted by molar-refractivity contribution is 5.87. The first-order valence-electron chi connectivity index (χ1n) is 13.5. The summed E-state index contributed by atoms with van der Waals surface area (Å²) in [5, 5.41) is 4.55. The lowest BCUT2D eigenvalue weighted by atomic mass is 9.80. The van der Waals surface area contributed by atoms with Crippen LogP contribution in [0.3, 0.4) is 0 Å². The maximum Gasteiger partial charge on any atom is 0.182 e. The third-order valence-corrected chi connectivity index (χ3v) is 8.35. The van der Waals surface area contributed by atoms with E-state index in [-0.39, 0.29) is 17.8 Å². The Morgan fingerprint density at radius 2 is 1.76 bits per heavy atom. The van der Waals surface area contributed by atoms with Gasteiger partial charge in [-0.15, -0.1) is 0 Å². The van der Waals surface area contributed by atoms with Crippen molar-refractivity contribution in [2.24, 2.45) is 0 Å². The molecule has 2 aliphatic carbocycles. The minimum Gasteiger partial charge on any atom is -0.373 e. The van der Waals surface area contributed by atoms with Gasteiger partial charge in [-0.1, -0.05) is 12.5 Å². The number of aromatic nitrogens is 6. The smallest absolute Gasteiger partial charge is 0.182 e. The zero-order chi connectivity index (χ0) is 25.1. The van der Waals surface area contributed by atoms with Gasteiger partial charge in [-0.3, -0.25) is 4.68 Å². The van der Waals surface area contributed by atoms with Crippen LogP contribution in [0.4, 0.5) is 4.39 Å². The minimum atomic E-state index is -0.257. The summed E-state index contributed by atoms with van der Waals surface area (Å²) in [5.74, 6) is 0.972. The van der Waals surface area contributed by atoms with Gasteiger partial charge in [0.2, 0.25) is 0 Å². The first kappa shape index (κ1) is 22.9. The number of hydrogen-bond acceptors (Lipinski definition) is 6. The van der Waals surface area contributed by atoms with Crippen molar-refractivity contribution in [1.82, 2.24) is 29.7 Å². The first-order valence-corrected chi connectivity index (χ1v) is 13.5. The van der Waals surface area contributed by atoms with Gasteiger partial charge in [-0.25, -0.2) is 24.3 Å². The fourth-order valence-corrected chi connectivity index (χ4v) is 5.54. The first-order chi connectivity index (χ1) is 18.0. The van der Waals surface area contributed by atoms with Gasteiger partial charge in [0.1, 0.15) is 22.9 Å². The van der Waals surface area contributed by atoms with Gasteiger partial charge < -0.3 is 4.74 Å². The molecular formula is C29H31FN6O. The van der Waals surface area contributed by atoms with Crippen LogP contribution in [-0.4, -0.2) is 36.3 Å². The van der Waals surface area contributed by atoms with Crippen molar-refractivity contribution < 1.29 is 9.13 Å². The van der Waals surface area contributed by atoms with Crippen LogP contribution in [0.15, 0.2) is 30.6 Å². The molecule has 1 aromatic carbocycles. The summed E-state index contributed by atoms with van der Waals surface area (Å²) in [7, 11) is 0. The van der Waals surface area contributed by atoms with E-state index in [9.17, 15) is 0 Å². The summed E-state index contributed by atoms with van der Waals surface area (Å²) in [6, 6.07) is 6.13. The van der Waals surface area contributed by atoms with Crippen molar-refractivity contribution in [3.05, 3.63) is 64.7 Å². The van der Waals surface area contributed by atoms with E-state index in [2.05, 4.69) is 16.0 Å². The van der Waals surface area contributed by atoms with Crippen LogP contribution in [-0.2, 0) is 4.74 Å². The van der Waals surface area contributed by atoms with E-state index in [1.807, 2.05) is 32.2 Å². The highest BCUT2D eigenvalue weighted by Gasteiger charge is 2.31. The third kappa shape index (κ3) is 4.21. The van der Waals surface area contributed by atoms with Crippen LogP contribution in [0, 0.1) is 19.7 Å². The van der Waals surface area contributed by atoms with Crippen molar-refractivity contribution in [3.8, 4) is 11.3 Å². The molecule has 4 aromatic rings. The predicted molar refractivity (Wildman–Crippen MR) is 138 cm³/mol. The summed E-state index contributed by atoms with van der Waals surface area (Å²) >= 11 is 0. The Morgan fingerprint density at radius 3 is 2.51 bits per heavy atom. The Balaban J connectivity index is 1.27. The molecule has 37 heavy (non-hydrogen) atoms. The molecule has 3 aromatic heterocycles. The summed E-state index contributed by atoms with van der Waals surface area (Å²) < 4.78 is 23.8. The Kier molecular flexibility index (Phi) is 5.53. The van der Waals surface area contributed by atoms with E-state index in [4.69, 9.17) is 24.7 Å². The summed E-state index contributed by atoms with van der Waals surface area (Å²) in [5.41, 5.74) is 5.86. The van der Waals surface area contributed by atoms with Crippen molar-refractivity contribution in [3.63, 3.8) is 0 Å². The second kappa shape index (κ2) is 8.94. The zero-order valence-corrected chi connectivity index (χ0v) is 21.3. The molecule has 0 amide bonds. The Bertz CT molecular complexity index is 1490. The molecule has 4 heterocycles. The van der Waals surface area contributed by atoms with Crippen molar-refractivity contribution in [2.75, 3.05) is 6.61 Å². The van der Waals surface area contributed by atoms with Gasteiger partial charge in [0, 0.05) is 29.8 Å². The minimum absolute atomic E-state index is 0.0571. The Labute approximate surface area is 215 Å². The lowest BCUT2D eigenvalue weighted by molar-refractivity contribution is 0.00396. The van der Waals surface area contributed by atoms with Gasteiger partial charge in [0.05, 0.1) is 29.7 Å². The maximum atomic E-state index is 15.6. The maximum absolute atomic E-state index is 15.6. The number of ether oxygens (including phenoxy) is 1.